The van der Waals surface area contributed by atoms with Gasteiger partial charge in [-0.25, -0.2) is 0 Å². The van der Waals surface area contributed by atoms with E-state index in [1.54, 1.807) is 7.11 Å². The zero-order chi connectivity index (χ0) is 18.9. The van der Waals surface area contributed by atoms with Gasteiger partial charge in [0.1, 0.15) is 5.75 Å². The van der Waals surface area contributed by atoms with Gasteiger partial charge in [0, 0.05) is 23.7 Å². The smallest absolute Gasteiger partial charge is 0.121 e. The molecule has 1 aromatic heterocycles. The average Bonchev–Trinajstić information content (AvgIpc) is 2.64. The number of unbranched alkanes of at least 4 members (excludes halogenated alkanes) is 3. The third-order valence-electron chi connectivity index (χ3n) is 5.07. The van der Waals surface area contributed by atoms with E-state index in [0.717, 1.165) is 47.7 Å². The lowest BCUT2D eigenvalue weighted by atomic mass is 10.1. The molecule has 0 saturated heterocycles. The predicted molar refractivity (Wildman–Crippen MR) is 113 cm³/mol. The summed E-state index contributed by atoms with van der Waals surface area (Å²) in [7, 11) is 1.72. The molecule has 0 radical (unpaired) electrons. The molecule has 1 N–H and O–H groups in total. The van der Waals surface area contributed by atoms with E-state index in [-0.39, 0.29) is 0 Å². The molecule has 2 aromatic rings. The fourth-order valence-electron chi connectivity index (χ4n) is 3.46. The Balaban J connectivity index is 1.90. The summed E-state index contributed by atoms with van der Waals surface area (Å²) in [6.07, 6.45) is 5.04. The number of fused-ring (bicyclic) bond motifs is 1. The summed E-state index contributed by atoms with van der Waals surface area (Å²) < 4.78 is 5.48. The highest BCUT2D eigenvalue weighted by atomic mass is 16.5. The second-order valence-electron chi connectivity index (χ2n) is 7.02. The van der Waals surface area contributed by atoms with Gasteiger partial charge in [-0.05, 0) is 64.0 Å². The molecule has 0 aliphatic heterocycles. The number of nitrogens with one attached hydrogen (secondary N) is 1. The summed E-state index contributed by atoms with van der Waals surface area (Å²) in [4.78, 5) is 7.25. The predicted octanol–water partition coefficient (Wildman–Crippen LogP) is 5.17. The molecule has 0 unspecified atom stereocenters. The maximum absolute atomic E-state index is 5.48. The van der Waals surface area contributed by atoms with Crippen molar-refractivity contribution >= 4 is 16.6 Å². The lowest BCUT2D eigenvalue weighted by Gasteiger charge is -2.17. The Morgan fingerprint density at radius 2 is 1.73 bits per heavy atom. The molecular weight excluding hydrogens is 322 g/mol. The number of anilines is 1. The Labute approximate surface area is 159 Å². The minimum absolute atomic E-state index is 0.882. The van der Waals surface area contributed by atoms with Crippen molar-refractivity contribution in [2.45, 2.75) is 53.4 Å². The molecular formula is C22H35N3O. The van der Waals surface area contributed by atoms with E-state index in [1.807, 2.05) is 0 Å². The topological polar surface area (TPSA) is 37.4 Å². The highest BCUT2D eigenvalue weighted by Crippen LogP contribution is 2.30. The minimum Gasteiger partial charge on any atom is -0.497 e. The van der Waals surface area contributed by atoms with Crippen LogP contribution in [0.5, 0.6) is 5.75 Å². The monoisotopic (exact) mass is 357 g/mol. The van der Waals surface area contributed by atoms with E-state index in [4.69, 9.17) is 9.72 Å². The maximum atomic E-state index is 5.48. The number of rotatable bonds is 11. The summed E-state index contributed by atoms with van der Waals surface area (Å²) in [5.41, 5.74) is 4.42. The SMILES string of the molecule is CCN(CC)CCCCCCNc1cc(OC)cc2c(C)cc(C)nc12. The van der Waals surface area contributed by atoms with E-state index < -0.39 is 0 Å². The second kappa shape index (κ2) is 10.4. The number of methoxy groups -OCH3 is 1. The molecule has 0 saturated carbocycles. The molecule has 0 bridgehead atoms. The standard InChI is InChI=1S/C22H35N3O/c1-6-25(7-2)13-11-9-8-10-12-23-21-16-19(26-5)15-20-17(3)14-18(4)24-22(20)21/h14-16,23H,6-13H2,1-5H3. The summed E-state index contributed by atoms with van der Waals surface area (Å²) in [5, 5.41) is 4.75. The van der Waals surface area contributed by atoms with Crippen molar-refractivity contribution in [3.05, 3.63) is 29.5 Å². The van der Waals surface area contributed by atoms with Gasteiger partial charge in [0.05, 0.1) is 18.3 Å². The van der Waals surface area contributed by atoms with Crippen molar-refractivity contribution in [3.8, 4) is 5.75 Å². The highest BCUT2D eigenvalue weighted by Gasteiger charge is 2.09. The van der Waals surface area contributed by atoms with Crippen LogP contribution in [0.15, 0.2) is 18.2 Å². The van der Waals surface area contributed by atoms with Gasteiger partial charge in [0.25, 0.3) is 0 Å². The highest BCUT2D eigenvalue weighted by molar-refractivity contribution is 5.94. The van der Waals surface area contributed by atoms with Gasteiger partial charge in [0.2, 0.25) is 0 Å². The zero-order valence-corrected chi connectivity index (χ0v) is 17.2. The number of hydrogen-bond donors (Lipinski definition) is 1. The molecule has 0 aliphatic carbocycles. The lowest BCUT2D eigenvalue weighted by Crippen LogP contribution is -2.23. The van der Waals surface area contributed by atoms with Crippen molar-refractivity contribution < 1.29 is 4.74 Å². The van der Waals surface area contributed by atoms with Crippen LogP contribution < -0.4 is 10.1 Å². The molecule has 1 aromatic carbocycles. The van der Waals surface area contributed by atoms with Gasteiger partial charge in [-0.1, -0.05) is 26.7 Å². The lowest BCUT2D eigenvalue weighted by molar-refractivity contribution is 0.295. The second-order valence-corrected chi connectivity index (χ2v) is 7.02. The first-order chi connectivity index (χ1) is 12.6. The number of nitrogens with zero attached hydrogens (tertiary/aromatic N) is 2. The first-order valence-electron chi connectivity index (χ1n) is 10.0. The summed E-state index contributed by atoms with van der Waals surface area (Å²) in [6.45, 7) is 13.2. The van der Waals surface area contributed by atoms with Crippen LogP contribution >= 0.6 is 0 Å². The number of aromatic nitrogens is 1. The molecule has 144 valence electrons. The van der Waals surface area contributed by atoms with Crippen LogP contribution in [-0.2, 0) is 0 Å². The first-order valence-corrected chi connectivity index (χ1v) is 10.0. The van der Waals surface area contributed by atoms with Crippen molar-refractivity contribution in [3.63, 3.8) is 0 Å². The number of hydrogen-bond acceptors (Lipinski definition) is 4. The molecule has 0 fully saturated rings. The fraction of sp³-hybridized carbons (Fsp3) is 0.591. The minimum atomic E-state index is 0.882. The van der Waals surface area contributed by atoms with Gasteiger partial charge in [-0.3, -0.25) is 4.98 Å². The Kier molecular flexibility index (Phi) is 8.17. The fourth-order valence-corrected chi connectivity index (χ4v) is 3.46. The number of benzene rings is 1. The van der Waals surface area contributed by atoms with Gasteiger partial charge in [0.15, 0.2) is 0 Å². The summed E-state index contributed by atoms with van der Waals surface area (Å²) >= 11 is 0. The molecule has 4 heteroatoms. The normalized spacial score (nSPS) is 11.3. The van der Waals surface area contributed by atoms with Crippen LogP contribution in [-0.4, -0.2) is 43.2 Å². The molecule has 26 heavy (non-hydrogen) atoms. The Morgan fingerprint density at radius 1 is 1.00 bits per heavy atom. The number of aryl methyl sites for hydroxylation is 2. The molecule has 0 aliphatic rings. The van der Waals surface area contributed by atoms with Gasteiger partial charge in [-0.2, -0.15) is 0 Å². The molecule has 1 heterocycles. The van der Waals surface area contributed by atoms with Gasteiger partial charge < -0.3 is 15.0 Å². The molecule has 4 nitrogen and oxygen atoms in total. The molecule has 0 spiro atoms. The third kappa shape index (κ3) is 5.60. The molecule has 2 rings (SSSR count). The van der Waals surface area contributed by atoms with E-state index in [2.05, 4.69) is 56.1 Å². The van der Waals surface area contributed by atoms with Gasteiger partial charge >= 0.3 is 0 Å². The Hall–Kier alpha value is -1.81. The van der Waals surface area contributed by atoms with E-state index >= 15 is 0 Å². The Morgan fingerprint density at radius 3 is 2.42 bits per heavy atom. The maximum Gasteiger partial charge on any atom is 0.121 e. The van der Waals surface area contributed by atoms with Crippen LogP contribution in [0.1, 0.15) is 50.8 Å². The van der Waals surface area contributed by atoms with Crippen LogP contribution in [0.3, 0.4) is 0 Å². The number of ether oxygens (including phenoxy) is 1. The third-order valence-corrected chi connectivity index (χ3v) is 5.07. The van der Waals surface area contributed by atoms with Crippen molar-refractivity contribution in [1.82, 2.24) is 9.88 Å². The van der Waals surface area contributed by atoms with Crippen LogP contribution in [0.2, 0.25) is 0 Å². The summed E-state index contributed by atoms with van der Waals surface area (Å²) in [5.74, 6) is 0.882. The molecule has 0 amide bonds. The first kappa shape index (κ1) is 20.5. The van der Waals surface area contributed by atoms with Gasteiger partial charge in [-0.15, -0.1) is 0 Å². The van der Waals surface area contributed by atoms with Crippen molar-refractivity contribution in [1.29, 1.82) is 0 Å². The summed E-state index contributed by atoms with van der Waals surface area (Å²) in [6, 6.07) is 6.27. The van der Waals surface area contributed by atoms with Crippen molar-refractivity contribution in [2.75, 3.05) is 38.6 Å². The van der Waals surface area contributed by atoms with Crippen molar-refractivity contribution in [2.24, 2.45) is 0 Å². The Bertz CT molecular complexity index is 695. The van der Waals surface area contributed by atoms with E-state index in [0.29, 0.717) is 0 Å². The quantitative estimate of drug-likeness (QED) is 0.563. The van der Waals surface area contributed by atoms with E-state index in [1.165, 1.54) is 37.8 Å². The van der Waals surface area contributed by atoms with E-state index in [9.17, 15) is 0 Å². The van der Waals surface area contributed by atoms with Crippen LogP contribution in [0, 0.1) is 13.8 Å². The largest absolute Gasteiger partial charge is 0.497 e. The molecule has 0 atom stereocenters. The average molecular weight is 358 g/mol. The van der Waals surface area contributed by atoms with Crippen LogP contribution in [0.4, 0.5) is 5.69 Å². The zero-order valence-electron chi connectivity index (χ0n) is 17.2. The number of pyridine rings is 1. The van der Waals surface area contributed by atoms with Crippen LogP contribution in [0.25, 0.3) is 10.9 Å².